The van der Waals surface area contributed by atoms with Crippen molar-refractivity contribution in [2.45, 2.75) is 26.2 Å². The number of halogens is 7. The van der Waals surface area contributed by atoms with Gasteiger partial charge in [0.15, 0.2) is 11.5 Å². The fourth-order valence-electron chi connectivity index (χ4n) is 2.53. The van der Waals surface area contributed by atoms with Crippen LogP contribution in [-0.4, -0.2) is 15.0 Å². The van der Waals surface area contributed by atoms with E-state index in [9.17, 15) is 31.1 Å². The van der Waals surface area contributed by atoms with E-state index in [4.69, 9.17) is 16.3 Å². The molecule has 0 unspecified atom stereocenters. The molecule has 0 radical (unpaired) electrons. The first-order valence-corrected chi connectivity index (χ1v) is 8.85. The third-order valence-electron chi connectivity index (χ3n) is 4.22. The van der Waals surface area contributed by atoms with Gasteiger partial charge in [-0.25, -0.2) is 4.98 Å². The lowest BCUT2D eigenvalue weighted by Gasteiger charge is -2.15. The van der Waals surface area contributed by atoms with Gasteiger partial charge in [0, 0.05) is 6.20 Å². The van der Waals surface area contributed by atoms with Crippen LogP contribution in [0, 0.1) is 13.8 Å². The molecular weight excluding hydrogens is 452 g/mol. The molecule has 0 saturated heterocycles. The van der Waals surface area contributed by atoms with Crippen LogP contribution < -0.4 is 10.3 Å². The van der Waals surface area contributed by atoms with Gasteiger partial charge in [0.25, 0.3) is 5.56 Å². The number of ether oxygens (including phenoxy) is 1. The van der Waals surface area contributed by atoms with Crippen LogP contribution in [0.25, 0.3) is 11.5 Å². The molecule has 12 heteroatoms. The SMILES string of the molecule is Cc1cnc(-c2nc(C(F)(F)F)c(Oc3ccc(Cl)c(C(F)(F)F)c3)c(=O)[nH]2)cc1C. The highest BCUT2D eigenvalue weighted by Gasteiger charge is 2.39. The molecule has 31 heavy (non-hydrogen) atoms. The summed E-state index contributed by atoms with van der Waals surface area (Å²) in [4.78, 5) is 21.9. The molecule has 0 aliphatic rings. The van der Waals surface area contributed by atoms with Gasteiger partial charge in [0.1, 0.15) is 11.4 Å². The Hall–Kier alpha value is -3.08. The average molecular weight is 464 g/mol. The maximum absolute atomic E-state index is 13.6. The average Bonchev–Trinajstić information content (AvgIpc) is 2.65. The fraction of sp³-hybridized carbons (Fsp3) is 0.211. The number of H-pyrrole nitrogens is 1. The maximum Gasteiger partial charge on any atom is 0.437 e. The smallest absolute Gasteiger partial charge is 0.437 e. The van der Waals surface area contributed by atoms with Crippen molar-refractivity contribution in [1.82, 2.24) is 15.0 Å². The number of alkyl halides is 6. The number of aromatic nitrogens is 3. The van der Waals surface area contributed by atoms with E-state index in [1.807, 2.05) is 0 Å². The summed E-state index contributed by atoms with van der Waals surface area (Å²) in [5.41, 5.74) is -2.95. The molecule has 0 bridgehead atoms. The molecule has 0 spiro atoms. The van der Waals surface area contributed by atoms with Crippen LogP contribution in [0.4, 0.5) is 26.3 Å². The van der Waals surface area contributed by atoms with Crippen molar-refractivity contribution in [3.05, 3.63) is 68.2 Å². The summed E-state index contributed by atoms with van der Waals surface area (Å²) < 4.78 is 84.7. The van der Waals surface area contributed by atoms with Crippen molar-refractivity contribution in [2.24, 2.45) is 0 Å². The third kappa shape index (κ3) is 4.82. The molecular formula is C19H12ClF6N3O2. The molecule has 0 saturated carbocycles. The largest absolute Gasteiger partial charge is 0.449 e. The minimum Gasteiger partial charge on any atom is -0.449 e. The second-order valence-corrected chi connectivity index (χ2v) is 6.89. The standard InChI is InChI=1S/C19H12ClF6N3O2/c1-8-5-13(27-7-9(8)2)16-28-15(19(24,25)26)14(17(30)29-16)31-10-3-4-12(20)11(6-10)18(21,22)23/h3-7H,1-2H3,(H,28,29,30). The molecule has 0 aliphatic heterocycles. The molecule has 2 heterocycles. The molecule has 1 aromatic carbocycles. The highest BCUT2D eigenvalue weighted by atomic mass is 35.5. The minimum absolute atomic E-state index is 0.0249. The lowest BCUT2D eigenvalue weighted by atomic mass is 10.1. The predicted octanol–water partition coefficient (Wildman–Crippen LogP) is 5.93. The molecule has 0 aliphatic carbocycles. The van der Waals surface area contributed by atoms with E-state index in [0.29, 0.717) is 11.6 Å². The summed E-state index contributed by atoms with van der Waals surface area (Å²) >= 11 is 5.49. The zero-order valence-corrected chi connectivity index (χ0v) is 16.5. The van der Waals surface area contributed by atoms with Gasteiger partial charge in [0.2, 0.25) is 5.75 Å². The summed E-state index contributed by atoms with van der Waals surface area (Å²) in [5, 5.41) is -0.681. The Kier molecular flexibility index (Phi) is 5.74. The second-order valence-electron chi connectivity index (χ2n) is 6.49. The number of hydrogen-bond acceptors (Lipinski definition) is 4. The van der Waals surface area contributed by atoms with Crippen LogP contribution >= 0.6 is 11.6 Å². The Morgan fingerprint density at radius 2 is 1.68 bits per heavy atom. The quantitative estimate of drug-likeness (QED) is 0.489. The first kappa shape index (κ1) is 22.6. The normalized spacial score (nSPS) is 12.2. The van der Waals surface area contributed by atoms with Gasteiger partial charge in [-0.2, -0.15) is 26.3 Å². The molecule has 3 aromatic rings. The first-order valence-electron chi connectivity index (χ1n) is 8.47. The maximum atomic E-state index is 13.6. The Bertz CT molecular complexity index is 1200. The zero-order valence-electron chi connectivity index (χ0n) is 15.7. The van der Waals surface area contributed by atoms with E-state index >= 15 is 0 Å². The number of aromatic amines is 1. The minimum atomic E-state index is -5.14. The number of nitrogens with zero attached hydrogens (tertiary/aromatic N) is 2. The Balaban J connectivity index is 2.13. The van der Waals surface area contributed by atoms with Crippen LogP contribution in [0.2, 0.25) is 5.02 Å². The number of rotatable bonds is 3. The van der Waals surface area contributed by atoms with Gasteiger partial charge in [-0.05, 0) is 49.2 Å². The van der Waals surface area contributed by atoms with Crippen molar-refractivity contribution >= 4 is 11.6 Å². The number of hydrogen-bond donors (Lipinski definition) is 1. The van der Waals surface area contributed by atoms with E-state index in [2.05, 4.69) is 15.0 Å². The van der Waals surface area contributed by atoms with Crippen molar-refractivity contribution in [2.75, 3.05) is 0 Å². The van der Waals surface area contributed by atoms with E-state index in [1.165, 1.54) is 12.3 Å². The number of aryl methyl sites for hydroxylation is 2. The highest BCUT2D eigenvalue weighted by molar-refractivity contribution is 6.31. The summed E-state index contributed by atoms with van der Waals surface area (Å²) in [7, 11) is 0. The van der Waals surface area contributed by atoms with Crippen LogP contribution in [0.15, 0.2) is 35.3 Å². The van der Waals surface area contributed by atoms with Crippen LogP contribution in [0.3, 0.4) is 0 Å². The number of nitrogens with one attached hydrogen (secondary N) is 1. The van der Waals surface area contributed by atoms with E-state index in [1.54, 1.807) is 13.8 Å². The van der Waals surface area contributed by atoms with Crippen molar-refractivity contribution < 1.29 is 31.1 Å². The lowest BCUT2D eigenvalue weighted by molar-refractivity contribution is -0.142. The van der Waals surface area contributed by atoms with Crippen LogP contribution in [0.1, 0.15) is 22.4 Å². The molecule has 3 rings (SSSR count). The Morgan fingerprint density at radius 3 is 2.26 bits per heavy atom. The number of benzene rings is 1. The van der Waals surface area contributed by atoms with Gasteiger partial charge >= 0.3 is 12.4 Å². The summed E-state index contributed by atoms with van der Waals surface area (Å²) in [6.45, 7) is 3.43. The van der Waals surface area contributed by atoms with Gasteiger partial charge in [-0.15, -0.1) is 0 Å². The van der Waals surface area contributed by atoms with Gasteiger partial charge in [-0.3, -0.25) is 9.78 Å². The molecule has 5 nitrogen and oxygen atoms in total. The first-order chi connectivity index (χ1) is 14.3. The van der Waals surface area contributed by atoms with E-state index in [-0.39, 0.29) is 5.69 Å². The molecule has 0 atom stereocenters. The number of pyridine rings is 1. The molecule has 0 amide bonds. The Morgan fingerprint density at radius 1 is 1.00 bits per heavy atom. The molecule has 164 valence electrons. The summed E-state index contributed by atoms with van der Waals surface area (Å²) in [5.74, 6) is -2.46. The van der Waals surface area contributed by atoms with Gasteiger partial charge < -0.3 is 9.72 Å². The zero-order chi connectivity index (χ0) is 23.1. The summed E-state index contributed by atoms with van der Waals surface area (Å²) in [6.07, 6.45) is -8.63. The molecule has 1 N–H and O–H groups in total. The van der Waals surface area contributed by atoms with Crippen LogP contribution in [-0.2, 0) is 12.4 Å². The Labute approximate surface area is 175 Å². The summed E-state index contributed by atoms with van der Waals surface area (Å²) in [6, 6.07) is 3.52. The van der Waals surface area contributed by atoms with Crippen molar-refractivity contribution in [3.63, 3.8) is 0 Å². The fourth-order valence-corrected chi connectivity index (χ4v) is 2.75. The monoisotopic (exact) mass is 463 g/mol. The predicted molar refractivity (Wildman–Crippen MR) is 99.1 cm³/mol. The van der Waals surface area contributed by atoms with E-state index in [0.717, 1.165) is 17.7 Å². The highest BCUT2D eigenvalue weighted by Crippen LogP contribution is 2.39. The lowest BCUT2D eigenvalue weighted by Crippen LogP contribution is -2.21. The topological polar surface area (TPSA) is 67.9 Å². The third-order valence-corrected chi connectivity index (χ3v) is 4.55. The van der Waals surface area contributed by atoms with Crippen molar-refractivity contribution in [3.8, 4) is 23.0 Å². The molecule has 2 aromatic heterocycles. The van der Waals surface area contributed by atoms with Gasteiger partial charge in [0.05, 0.1) is 10.6 Å². The van der Waals surface area contributed by atoms with Crippen LogP contribution in [0.5, 0.6) is 11.5 Å². The van der Waals surface area contributed by atoms with Crippen molar-refractivity contribution in [1.29, 1.82) is 0 Å². The van der Waals surface area contributed by atoms with E-state index < -0.39 is 51.5 Å². The molecule has 0 fully saturated rings. The van der Waals surface area contributed by atoms with Gasteiger partial charge in [-0.1, -0.05) is 11.6 Å². The second kappa shape index (κ2) is 7.88.